The highest BCUT2D eigenvalue weighted by Crippen LogP contribution is 2.22. The fourth-order valence-electron chi connectivity index (χ4n) is 2.17. The Bertz CT molecular complexity index is 490. The average molecular weight is 337 g/mol. The van der Waals surface area contributed by atoms with Crippen molar-refractivity contribution in [2.45, 2.75) is 52.7 Å². The highest BCUT2D eigenvalue weighted by Gasteiger charge is 2.11. The summed E-state index contributed by atoms with van der Waals surface area (Å²) in [5, 5.41) is 13.1. The third kappa shape index (κ3) is 7.90. The summed E-state index contributed by atoms with van der Waals surface area (Å²) in [6, 6.07) is 5.34. The number of aliphatic hydroxyl groups is 1. The average Bonchev–Trinajstić information content (AvgIpc) is 2.57. The van der Waals surface area contributed by atoms with Crippen molar-refractivity contribution in [1.82, 2.24) is 5.32 Å². The summed E-state index contributed by atoms with van der Waals surface area (Å²) >= 11 is 0. The molecule has 0 aliphatic carbocycles. The topological polar surface area (TPSA) is 67.8 Å². The highest BCUT2D eigenvalue weighted by molar-refractivity contribution is 5.94. The van der Waals surface area contributed by atoms with Gasteiger partial charge in [0, 0.05) is 24.3 Å². The molecule has 1 atom stereocenters. The summed E-state index contributed by atoms with van der Waals surface area (Å²) in [7, 11) is 0. The largest absolute Gasteiger partial charge is 0.490 e. The van der Waals surface area contributed by atoms with Crippen LogP contribution in [0.25, 0.3) is 0 Å². The number of carbonyl (C=O) groups excluding carboxylic acids is 1. The lowest BCUT2D eigenvalue weighted by molar-refractivity contribution is 0.0968. The quantitative estimate of drug-likeness (QED) is 0.428. The van der Waals surface area contributed by atoms with Crippen molar-refractivity contribution < 1.29 is 19.4 Å². The van der Waals surface area contributed by atoms with E-state index < -0.39 is 6.10 Å². The van der Waals surface area contributed by atoms with Crippen LogP contribution in [0, 0.1) is 0 Å². The fraction of sp³-hybridized carbons (Fsp3) is 0.632. The first-order valence-corrected chi connectivity index (χ1v) is 8.81. The zero-order valence-electron chi connectivity index (χ0n) is 15.1. The maximum absolute atomic E-state index is 11.6. The van der Waals surface area contributed by atoms with Crippen molar-refractivity contribution in [3.05, 3.63) is 29.3 Å². The van der Waals surface area contributed by atoms with Crippen LogP contribution in [0.1, 0.15) is 56.0 Å². The molecule has 1 aromatic rings. The number of aliphatic hydroxyl groups excluding tert-OH is 1. The minimum atomic E-state index is -0.571. The lowest BCUT2D eigenvalue weighted by Crippen LogP contribution is -2.31. The van der Waals surface area contributed by atoms with Crippen LogP contribution in [0.3, 0.4) is 0 Å². The molecule has 0 saturated heterocycles. The van der Waals surface area contributed by atoms with Crippen molar-refractivity contribution in [3.8, 4) is 5.75 Å². The van der Waals surface area contributed by atoms with Crippen LogP contribution in [0.2, 0.25) is 0 Å². The van der Waals surface area contributed by atoms with Crippen LogP contribution < -0.4 is 10.1 Å². The van der Waals surface area contributed by atoms with Crippen LogP contribution in [-0.4, -0.2) is 43.3 Å². The van der Waals surface area contributed by atoms with E-state index in [2.05, 4.69) is 19.2 Å². The van der Waals surface area contributed by atoms with Gasteiger partial charge in [0.05, 0.1) is 6.61 Å². The van der Waals surface area contributed by atoms with E-state index in [0.29, 0.717) is 31.1 Å². The number of hydrogen-bond acceptors (Lipinski definition) is 5. The first kappa shape index (κ1) is 20.6. The number of nitrogens with one attached hydrogen (secondary N) is 1. The molecule has 0 aliphatic heterocycles. The molecule has 0 fully saturated rings. The van der Waals surface area contributed by atoms with Crippen molar-refractivity contribution in [2.75, 3.05) is 26.3 Å². The Labute approximate surface area is 145 Å². The third-order valence-corrected chi connectivity index (χ3v) is 3.60. The van der Waals surface area contributed by atoms with E-state index in [1.54, 1.807) is 19.1 Å². The molecule has 0 unspecified atom stereocenters. The van der Waals surface area contributed by atoms with Gasteiger partial charge in [-0.2, -0.15) is 0 Å². The predicted molar refractivity (Wildman–Crippen MR) is 95.7 cm³/mol. The molecular weight excluding hydrogens is 306 g/mol. The molecule has 1 aromatic carbocycles. The number of ether oxygens (including phenoxy) is 2. The molecule has 0 spiro atoms. The van der Waals surface area contributed by atoms with E-state index in [0.717, 1.165) is 31.4 Å². The van der Waals surface area contributed by atoms with Gasteiger partial charge >= 0.3 is 0 Å². The molecule has 0 amide bonds. The van der Waals surface area contributed by atoms with Gasteiger partial charge in [0.2, 0.25) is 0 Å². The van der Waals surface area contributed by atoms with Crippen LogP contribution >= 0.6 is 0 Å². The van der Waals surface area contributed by atoms with Crippen molar-refractivity contribution in [2.24, 2.45) is 0 Å². The summed E-state index contributed by atoms with van der Waals surface area (Å²) in [5.41, 5.74) is 1.48. The smallest absolute Gasteiger partial charge is 0.159 e. The molecule has 1 rings (SSSR count). The van der Waals surface area contributed by atoms with Gasteiger partial charge in [-0.15, -0.1) is 0 Å². The number of unbranched alkanes of at least 4 members (excludes halogenated alkanes) is 1. The first-order valence-electron chi connectivity index (χ1n) is 8.81. The van der Waals surface area contributed by atoms with Crippen LogP contribution in [0.15, 0.2) is 18.2 Å². The molecule has 5 heteroatoms. The van der Waals surface area contributed by atoms with Gasteiger partial charge < -0.3 is 19.9 Å². The van der Waals surface area contributed by atoms with Gasteiger partial charge in [0.25, 0.3) is 0 Å². The molecule has 0 radical (unpaired) electrons. The van der Waals surface area contributed by atoms with Crippen LogP contribution in [0.5, 0.6) is 5.75 Å². The number of Topliss-reactive ketones (excluding diaryl/α,β-unsaturated/α-hetero) is 1. The highest BCUT2D eigenvalue weighted by atomic mass is 16.5. The molecule has 0 bridgehead atoms. The molecule has 0 heterocycles. The van der Waals surface area contributed by atoms with Gasteiger partial charge in [-0.05, 0) is 44.5 Å². The second kappa shape index (κ2) is 12.0. The maximum Gasteiger partial charge on any atom is 0.159 e. The van der Waals surface area contributed by atoms with Crippen molar-refractivity contribution >= 4 is 5.78 Å². The molecule has 0 aromatic heterocycles. The minimum Gasteiger partial charge on any atom is -0.490 e. The summed E-state index contributed by atoms with van der Waals surface area (Å²) in [6.07, 6.45) is 2.54. The Morgan fingerprint density at radius 3 is 2.75 bits per heavy atom. The van der Waals surface area contributed by atoms with E-state index in [9.17, 15) is 9.90 Å². The third-order valence-electron chi connectivity index (χ3n) is 3.60. The van der Waals surface area contributed by atoms with Gasteiger partial charge in [-0.1, -0.05) is 20.3 Å². The van der Waals surface area contributed by atoms with E-state index in [4.69, 9.17) is 9.47 Å². The normalized spacial score (nSPS) is 12.2. The van der Waals surface area contributed by atoms with E-state index in [1.807, 2.05) is 6.07 Å². The molecule has 0 aliphatic rings. The van der Waals surface area contributed by atoms with Crippen molar-refractivity contribution in [3.63, 3.8) is 0 Å². The fourth-order valence-corrected chi connectivity index (χ4v) is 2.17. The monoisotopic (exact) mass is 337 g/mol. The number of carbonyl (C=O) groups is 1. The number of rotatable bonds is 13. The van der Waals surface area contributed by atoms with E-state index >= 15 is 0 Å². The van der Waals surface area contributed by atoms with E-state index in [1.165, 1.54) is 0 Å². The molecule has 24 heavy (non-hydrogen) atoms. The van der Waals surface area contributed by atoms with Crippen LogP contribution in [0.4, 0.5) is 0 Å². The number of ketones is 1. The van der Waals surface area contributed by atoms with Gasteiger partial charge in [0.1, 0.15) is 18.5 Å². The minimum absolute atomic E-state index is 0.0140. The Kier molecular flexibility index (Phi) is 10.3. The molecule has 0 saturated carbocycles. The van der Waals surface area contributed by atoms with E-state index in [-0.39, 0.29) is 12.4 Å². The van der Waals surface area contributed by atoms with Gasteiger partial charge in [-0.25, -0.2) is 0 Å². The summed E-state index contributed by atoms with van der Waals surface area (Å²) in [6.45, 7) is 8.41. The Balaban J connectivity index is 2.64. The Hall–Kier alpha value is -1.43. The predicted octanol–water partition coefficient (Wildman–Crippen LogP) is 2.95. The molecule has 2 N–H and O–H groups in total. The zero-order chi connectivity index (χ0) is 17.8. The van der Waals surface area contributed by atoms with Crippen molar-refractivity contribution in [1.29, 1.82) is 0 Å². The Morgan fingerprint density at radius 2 is 2.08 bits per heavy atom. The zero-order valence-corrected chi connectivity index (χ0v) is 15.1. The summed E-state index contributed by atoms with van der Waals surface area (Å²) < 4.78 is 11.4. The SMILES string of the molecule is CCCCOCc1cc(C(C)=O)ccc1OC[C@H](O)CNCCC. The summed E-state index contributed by atoms with van der Waals surface area (Å²) in [5.74, 6) is 0.672. The second-order valence-corrected chi connectivity index (χ2v) is 5.95. The lowest BCUT2D eigenvalue weighted by atomic mass is 10.1. The maximum atomic E-state index is 11.6. The molecular formula is C19H31NO4. The lowest BCUT2D eigenvalue weighted by Gasteiger charge is -2.16. The number of hydrogen-bond donors (Lipinski definition) is 2. The number of benzene rings is 1. The first-order chi connectivity index (χ1) is 11.6. The van der Waals surface area contributed by atoms with Crippen LogP contribution in [-0.2, 0) is 11.3 Å². The van der Waals surface area contributed by atoms with Gasteiger partial charge in [-0.3, -0.25) is 4.79 Å². The standard InChI is InChI=1S/C19H31NO4/c1-4-6-10-23-13-17-11-16(15(3)21)7-8-19(17)24-14-18(22)12-20-9-5-2/h7-8,11,18,20,22H,4-6,9-10,12-14H2,1-3H3/t18-/m1/s1. The molecule has 5 nitrogen and oxygen atoms in total. The molecule has 136 valence electrons. The second-order valence-electron chi connectivity index (χ2n) is 5.95. The Morgan fingerprint density at radius 1 is 1.29 bits per heavy atom. The van der Waals surface area contributed by atoms with Gasteiger partial charge in [0.15, 0.2) is 5.78 Å². The summed E-state index contributed by atoms with van der Waals surface area (Å²) in [4.78, 5) is 11.6.